The summed E-state index contributed by atoms with van der Waals surface area (Å²) >= 11 is 6.25. The van der Waals surface area contributed by atoms with Gasteiger partial charge in [0, 0.05) is 5.56 Å². The molecule has 0 spiro atoms. The van der Waals surface area contributed by atoms with Crippen molar-refractivity contribution in [2.45, 2.75) is 6.04 Å². The van der Waals surface area contributed by atoms with Gasteiger partial charge in [0.25, 0.3) is 11.7 Å². The number of methoxy groups -OCH3 is 3. The first-order chi connectivity index (χ1) is 17.9. The number of nitrogens with zero attached hydrogens (tertiary/aromatic N) is 1. The molecule has 0 radical (unpaired) electrons. The van der Waals surface area contributed by atoms with E-state index >= 15 is 0 Å². The van der Waals surface area contributed by atoms with E-state index in [4.69, 9.17) is 30.5 Å². The summed E-state index contributed by atoms with van der Waals surface area (Å²) in [6.45, 7) is 0.230. The molecule has 1 fully saturated rings. The number of hydrogen-bond donors (Lipinski definition) is 1. The van der Waals surface area contributed by atoms with Crippen LogP contribution in [-0.4, -0.2) is 56.2 Å². The third-order valence-corrected chi connectivity index (χ3v) is 6.35. The first-order valence-electron chi connectivity index (χ1n) is 11.4. The normalized spacial score (nSPS) is 16.5. The minimum atomic E-state index is -0.841. The molecule has 8 nitrogen and oxygen atoms in total. The average molecular weight is 524 g/mol. The van der Waals surface area contributed by atoms with E-state index in [2.05, 4.69) is 0 Å². The van der Waals surface area contributed by atoms with Gasteiger partial charge in [0.05, 0.1) is 44.5 Å². The number of ether oxygens (including phenoxy) is 4. The highest BCUT2D eigenvalue weighted by Crippen LogP contribution is 2.40. The van der Waals surface area contributed by atoms with Crippen molar-refractivity contribution in [3.05, 3.63) is 88.5 Å². The summed E-state index contributed by atoms with van der Waals surface area (Å²) in [7, 11) is 4.60. The summed E-state index contributed by atoms with van der Waals surface area (Å²) in [6.07, 6.45) is 0. The Morgan fingerprint density at radius 2 is 1.46 bits per heavy atom. The van der Waals surface area contributed by atoms with Gasteiger partial charge in [-0.2, -0.15) is 0 Å². The zero-order valence-electron chi connectivity index (χ0n) is 20.6. The Bertz CT molecular complexity index is 1320. The van der Waals surface area contributed by atoms with E-state index in [0.29, 0.717) is 28.6 Å². The maximum Gasteiger partial charge on any atom is 0.295 e. The number of rotatable bonds is 9. The van der Waals surface area contributed by atoms with Crippen LogP contribution in [0.4, 0.5) is 0 Å². The molecule has 1 aliphatic rings. The molecule has 192 valence electrons. The summed E-state index contributed by atoms with van der Waals surface area (Å²) in [4.78, 5) is 27.7. The highest BCUT2D eigenvalue weighted by atomic mass is 35.5. The lowest BCUT2D eigenvalue weighted by molar-refractivity contribution is -0.140. The summed E-state index contributed by atoms with van der Waals surface area (Å²) < 4.78 is 21.4. The van der Waals surface area contributed by atoms with Crippen LogP contribution in [0, 0.1) is 0 Å². The molecule has 9 heteroatoms. The topological polar surface area (TPSA) is 94.5 Å². The quantitative estimate of drug-likeness (QED) is 0.243. The Morgan fingerprint density at radius 3 is 2.03 bits per heavy atom. The van der Waals surface area contributed by atoms with Crippen molar-refractivity contribution < 1.29 is 33.6 Å². The molecule has 1 heterocycles. The molecule has 1 amide bonds. The van der Waals surface area contributed by atoms with Gasteiger partial charge in [-0.1, -0.05) is 23.7 Å². The van der Waals surface area contributed by atoms with E-state index in [0.717, 1.165) is 0 Å². The smallest absolute Gasteiger partial charge is 0.295 e. The van der Waals surface area contributed by atoms with Crippen molar-refractivity contribution in [3.8, 4) is 23.0 Å². The van der Waals surface area contributed by atoms with Crippen molar-refractivity contribution in [2.24, 2.45) is 0 Å². The lowest BCUT2D eigenvalue weighted by Crippen LogP contribution is -2.33. The van der Waals surface area contributed by atoms with Crippen molar-refractivity contribution in [1.29, 1.82) is 0 Å². The zero-order chi connectivity index (χ0) is 26.5. The number of ketones is 1. The van der Waals surface area contributed by atoms with E-state index in [1.54, 1.807) is 74.9 Å². The first kappa shape index (κ1) is 25.9. The second kappa shape index (κ2) is 11.3. The molecule has 0 aromatic heterocycles. The maximum absolute atomic E-state index is 13.2. The third-order valence-electron chi connectivity index (χ3n) is 6.06. The highest BCUT2D eigenvalue weighted by Gasteiger charge is 2.46. The predicted molar refractivity (Wildman–Crippen MR) is 138 cm³/mol. The van der Waals surface area contributed by atoms with E-state index in [1.807, 2.05) is 0 Å². The summed E-state index contributed by atoms with van der Waals surface area (Å²) in [5.41, 5.74) is 0.878. The van der Waals surface area contributed by atoms with Gasteiger partial charge >= 0.3 is 0 Å². The van der Waals surface area contributed by atoms with E-state index in [-0.39, 0.29) is 35.1 Å². The molecular formula is C28H26ClNO7. The van der Waals surface area contributed by atoms with Crippen LogP contribution in [0.5, 0.6) is 23.0 Å². The Kier molecular flexibility index (Phi) is 7.89. The third kappa shape index (κ3) is 5.34. The molecule has 0 bridgehead atoms. The Balaban J connectivity index is 1.69. The van der Waals surface area contributed by atoms with Crippen LogP contribution in [-0.2, 0) is 9.59 Å². The molecule has 1 saturated heterocycles. The minimum absolute atomic E-state index is 0.0409. The van der Waals surface area contributed by atoms with Gasteiger partial charge in [-0.25, -0.2) is 0 Å². The van der Waals surface area contributed by atoms with Crippen LogP contribution >= 0.6 is 11.6 Å². The summed E-state index contributed by atoms with van der Waals surface area (Å²) in [5.74, 6) is 0.450. The number of amides is 1. The monoisotopic (exact) mass is 523 g/mol. The number of benzene rings is 3. The Hall–Kier alpha value is -4.17. The SMILES string of the molecule is COc1ccc(OCCN2C(=O)C(=O)/C(=C(\O)c3ccc(OC)c(Cl)c3)C2c2ccc(OC)cc2)cc1. The number of halogens is 1. The van der Waals surface area contributed by atoms with E-state index in [9.17, 15) is 14.7 Å². The van der Waals surface area contributed by atoms with Gasteiger partial charge in [0.2, 0.25) is 0 Å². The largest absolute Gasteiger partial charge is 0.507 e. The number of Topliss-reactive ketones (excluding diaryl/α,β-unsaturated/α-hetero) is 1. The summed E-state index contributed by atoms with van der Waals surface area (Å²) in [6, 6.07) is 17.8. The van der Waals surface area contributed by atoms with Crippen LogP contribution in [0.3, 0.4) is 0 Å². The van der Waals surface area contributed by atoms with Crippen LogP contribution in [0.15, 0.2) is 72.3 Å². The zero-order valence-corrected chi connectivity index (χ0v) is 21.3. The van der Waals surface area contributed by atoms with Gasteiger partial charge in [-0.05, 0) is 60.2 Å². The second-order valence-corrected chi connectivity index (χ2v) is 8.55. The van der Waals surface area contributed by atoms with Gasteiger partial charge in [-0.15, -0.1) is 0 Å². The standard InChI is InChI=1S/C28H26ClNO7/c1-34-19-7-4-17(5-8-19)25-24(26(31)18-6-13-23(36-3)22(29)16-18)27(32)28(33)30(25)14-15-37-21-11-9-20(35-2)10-12-21/h4-13,16,25,31H,14-15H2,1-3H3/b26-24-. The number of likely N-dealkylation sites (tertiary alicyclic amines) is 1. The minimum Gasteiger partial charge on any atom is -0.507 e. The van der Waals surface area contributed by atoms with Crippen molar-refractivity contribution in [3.63, 3.8) is 0 Å². The number of carbonyl (C=O) groups is 2. The molecule has 4 rings (SSSR count). The lowest BCUT2D eigenvalue weighted by Gasteiger charge is -2.25. The lowest BCUT2D eigenvalue weighted by atomic mass is 9.95. The Labute approximate surface area is 219 Å². The predicted octanol–water partition coefficient (Wildman–Crippen LogP) is 4.87. The van der Waals surface area contributed by atoms with Crippen LogP contribution < -0.4 is 18.9 Å². The van der Waals surface area contributed by atoms with Gasteiger partial charge in [-0.3, -0.25) is 9.59 Å². The molecule has 0 saturated carbocycles. The number of aliphatic hydroxyl groups is 1. The van der Waals surface area contributed by atoms with Crippen LogP contribution in [0.2, 0.25) is 5.02 Å². The fourth-order valence-electron chi connectivity index (χ4n) is 4.15. The highest BCUT2D eigenvalue weighted by molar-refractivity contribution is 6.46. The summed E-state index contributed by atoms with van der Waals surface area (Å²) in [5, 5.41) is 11.5. The van der Waals surface area contributed by atoms with Gasteiger partial charge < -0.3 is 29.0 Å². The molecular weight excluding hydrogens is 498 g/mol. The first-order valence-corrected chi connectivity index (χ1v) is 11.8. The van der Waals surface area contributed by atoms with Crippen molar-refractivity contribution in [2.75, 3.05) is 34.5 Å². The molecule has 0 aliphatic carbocycles. The molecule has 1 atom stereocenters. The fraction of sp³-hybridized carbons (Fsp3) is 0.214. The Morgan fingerprint density at radius 1 is 0.865 bits per heavy atom. The molecule has 3 aromatic carbocycles. The van der Waals surface area contributed by atoms with E-state index in [1.165, 1.54) is 18.1 Å². The maximum atomic E-state index is 13.2. The molecule has 1 N–H and O–H groups in total. The van der Waals surface area contributed by atoms with Gasteiger partial charge in [0.1, 0.15) is 35.4 Å². The van der Waals surface area contributed by atoms with Crippen molar-refractivity contribution in [1.82, 2.24) is 4.90 Å². The van der Waals surface area contributed by atoms with E-state index < -0.39 is 17.7 Å². The van der Waals surface area contributed by atoms with Crippen LogP contribution in [0.1, 0.15) is 17.2 Å². The van der Waals surface area contributed by atoms with Crippen LogP contribution in [0.25, 0.3) is 5.76 Å². The van der Waals surface area contributed by atoms with Crippen molar-refractivity contribution >= 4 is 29.1 Å². The average Bonchev–Trinajstić information content (AvgIpc) is 3.18. The molecule has 3 aromatic rings. The number of carbonyl (C=O) groups excluding carboxylic acids is 2. The number of hydrogen-bond acceptors (Lipinski definition) is 7. The number of aliphatic hydroxyl groups excluding tert-OH is 1. The van der Waals surface area contributed by atoms with Gasteiger partial charge in [0.15, 0.2) is 0 Å². The molecule has 1 aliphatic heterocycles. The second-order valence-electron chi connectivity index (χ2n) is 8.14. The molecule has 37 heavy (non-hydrogen) atoms. The molecule has 1 unspecified atom stereocenters. The fourth-order valence-corrected chi connectivity index (χ4v) is 4.40.